The zero-order valence-corrected chi connectivity index (χ0v) is 25.3. The highest BCUT2D eigenvalue weighted by molar-refractivity contribution is 5.97. The monoisotopic (exact) mass is 607 g/mol. The lowest BCUT2D eigenvalue weighted by molar-refractivity contribution is 0.237. The number of halogens is 1. The van der Waals surface area contributed by atoms with Gasteiger partial charge in [0.1, 0.15) is 36.2 Å². The molecule has 1 aliphatic heterocycles. The van der Waals surface area contributed by atoms with Crippen molar-refractivity contribution in [3.8, 4) is 45.4 Å². The van der Waals surface area contributed by atoms with Crippen LogP contribution in [0.1, 0.15) is 12.8 Å². The number of hydrogen-bond donors (Lipinski definition) is 2. The minimum atomic E-state index is -0.394. The molecule has 11 nitrogen and oxygen atoms in total. The summed E-state index contributed by atoms with van der Waals surface area (Å²) < 4.78 is 26.5. The van der Waals surface area contributed by atoms with Crippen LogP contribution in [0.2, 0.25) is 0 Å². The average molecular weight is 608 g/mol. The van der Waals surface area contributed by atoms with Crippen LogP contribution in [0.4, 0.5) is 4.39 Å². The van der Waals surface area contributed by atoms with Crippen LogP contribution in [0, 0.1) is 5.82 Å². The number of pyridine rings is 3. The normalized spacial score (nSPS) is 13.8. The van der Waals surface area contributed by atoms with Gasteiger partial charge in [0.2, 0.25) is 0 Å². The van der Waals surface area contributed by atoms with Crippen molar-refractivity contribution in [2.24, 2.45) is 0 Å². The summed E-state index contributed by atoms with van der Waals surface area (Å²) in [7, 11) is 3.92. The van der Waals surface area contributed by atoms with Crippen molar-refractivity contribution in [3.05, 3.63) is 67.1 Å². The number of nitrogens with zero attached hydrogens (tertiary/aromatic N) is 7. The van der Waals surface area contributed by atoms with Crippen LogP contribution in [0.25, 0.3) is 55.8 Å². The summed E-state index contributed by atoms with van der Waals surface area (Å²) in [6, 6.07) is 8.58. The number of fused-ring (bicyclic) bond motifs is 2. The number of H-pyrrole nitrogens is 2. The van der Waals surface area contributed by atoms with E-state index in [9.17, 15) is 4.39 Å². The maximum Gasteiger partial charge on any atom is 0.159 e. The van der Waals surface area contributed by atoms with Crippen LogP contribution in [0.5, 0.6) is 11.5 Å². The Balaban J connectivity index is 1.17. The number of hydrogen-bond acceptors (Lipinski definition) is 9. The van der Waals surface area contributed by atoms with Crippen LogP contribution < -0.4 is 9.47 Å². The van der Waals surface area contributed by atoms with E-state index in [1.54, 1.807) is 31.0 Å². The summed E-state index contributed by atoms with van der Waals surface area (Å²) in [5.41, 5.74) is 5.64. The third kappa shape index (κ3) is 6.33. The molecular weight excluding hydrogens is 573 g/mol. The average Bonchev–Trinajstić information content (AvgIpc) is 3.80. The van der Waals surface area contributed by atoms with E-state index in [0.29, 0.717) is 58.4 Å². The van der Waals surface area contributed by atoms with Gasteiger partial charge in [0.15, 0.2) is 5.82 Å². The molecule has 6 aromatic rings. The molecule has 0 radical (unpaired) electrons. The van der Waals surface area contributed by atoms with Crippen molar-refractivity contribution in [1.29, 1.82) is 0 Å². The smallest absolute Gasteiger partial charge is 0.159 e. The fourth-order valence-corrected chi connectivity index (χ4v) is 5.60. The molecule has 0 unspecified atom stereocenters. The molecule has 1 aromatic carbocycles. The summed E-state index contributed by atoms with van der Waals surface area (Å²) in [5.74, 6) is 1.32. The van der Waals surface area contributed by atoms with Crippen molar-refractivity contribution in [2.45, 2.75) is 12.8 Å². The second-order valence-electron chi connectivity index (χ2n) is 11.5. The molecular formula is C33H34FN9O2. The Morgan fingerprint density at radius 1 is 0.867 bits per heavy atom. The predicted octanol–water partition coefficient (Wildman–Crippen LogP) is 5.18. The quantitative estimate of drug-likeness (QED) is 0.205. The summed E-state index contributed by atoms with van der Waals surface area (Å²) in [6.07, 6.45) is 11.2. The molecule has 6 heterocycles. The Morgan fingerprint density at radius 3 is 2.56 bits per heavy atom. The SMILES string of the molecule is CN(C)CCOc1cc(F)cc(-c2cncc3[nH]c(-c4n[nH]c5cnc(-c6cncc(OCCN7CCCC7)c6)cc45)nc23)c1. The Labute approximate surface area is 259 Å². The molecule has 12 heteroatoms. The minimum Gasteiger partial charge on any atom is -0.492 e. The minimum absolute atomic E-state index is 0.394. The van der Waals surface area contributed by atoms with Gasteiger partial charge in [0, 0.05) is 48.1 Å². The lowest BCUT2D eigenvalue weighted by Crippen LogP contribution is -2.25. The van der Waals surface area contributed by atoms with E-state index in [1.807, 2.05) is 37.2 Å². The first-order valence-corrected chi connectivity index (χ1v) is 15.1. The molecule has 1 saturated heterocycles. The molecule has 7 rings (SSSR count). The number of imidazole rings is 1. The third-order valence-electron chi connectivity index (χ3n) is 7.94. The van der Waals surface area contributed by atoms with Gasteiger partial charge in [-0.2, -0.15) is 5.10 Å². The molecule has 1 fully saturated rings. The molecule has 0 saturated carbocycles. The first kappa shape index (κ1) is 28.8. The number of nitrogens with one attached hydrogen (secondary N) is 2. The highest BCUT2D eigenvalue weighted by Crippen LogP contribution is 2.34. The summed E-state index contributed by atoms with van der Waals surface area (Å²) in [5, 5.41) is 8.47. The van der Waals surface area contributed by atoms with E-state index >= 15 is 0 Å². The van der Waals surface area contributed by atoms with E-state index in [2.05, 4.69) is 35.0 Å². The second-order valence-corrected chi connectivity index (χ2v) is 11.5. The lowest BCUT2D eigenvalue weighted by Gasteiger charge is -2.15. The molecule has 1 aliphatic rings. The van der Waals surface area contributed by atoms with Gasteiger partial charge in [-0.1, -0.05) is 0 Å². The number of rotatable bonds is 11. The van der Waals surface area contributed by atoms with E-state index in [1.165, 1.54) is 25.0 Å². The van der Waals surface area contributed by atoms with Gasteiger partial charge < -0.3 is 19.4 Å². The molecule has 2 N–H and O–H groups in total. The zero-order valence-electron chi connectivity index (χ0n) is 25.3. The molecule has 0 atom stereocenters. The van der Waals surface area contributed by atoms with E-state index in [-0.39, 0.29) is 0 Å². The molecule has 230 valence electrons. The van der Waals surface area contributed by atoms with Crippen LogP contribution in [-0.2, 0) is 0 Å². The Bertz CT molecular complexity index is 1950. The highest BCUT2D eigenvalue weighted by atomic mass is 19.1. The fraction of sp³-hybridized carbons (Fsp3) is 0.303. The van der Waals surface area contributed by atoms with Crippen LogP contribution >= 0.6 is 0 Å². The van der Waals surface area contributed by atoms with Gasteiger partial charge in [-0.15, -0.1) is 0 Å². The van der Waals surface area contributed by atoms with Gasteiger partial charge in [-0.05, 0) is 69.9 Å². The number of likely N-dealkylation sites (tertiary alicyclic amines) is 1. The van der Waals surface area contributed by atoms with Crippen molar-refractivity contribution in [3.63, 3.8) is 0 Å². The third-order valence-corrected chi connectivity index (χ3v) is 7.94. The molecule has 0 spiro atoms. The first-order chi connectivity index (χ1) is 22.0. The van der Waals surface area contributed by atoms with E-state index in [0.717, 1.165) is 48.3 Å². The summed E-state index contributed by atoms with van der Waals surface area (Å²) in [6.45, 7) is 4.97. The first-order valence-electron chi connectivity index (χ1n) is 15.1. The maximum atomic E-state index is 14.7. The van der Waals surface area contributed by atoms with Crippen molar-refractivity contribution >= 4 is 21.9 Å². The number of aromatic nitrogens is 7. The number of ether oxygens (including phenoxy) is 2. The van der Waals surface area contributed by atoms with E-state index < -0.39 is 5.82 Å². The molecule has 45 heavy (non-hydrogen) atoms. The maximum absolute atomic E-state index is 14.7. The summed E-state index contributed by atoms with van der Waals surface area (Å²) in [4.78, 5) is 26.1. The predicted molar refractivity (Wildman–Crippen MR) is 171 cm³/mol. The summed E-state index contributed by atoms with van der Waals surface area (Å²) >= 11 is 0. The zero-order chi connectivity index (χ0) is 30.8. The number of benzene rings is 1. The van der Waals surface area contributed by atoms with Crippen LogP contribution in [0.3, 0.4) is 0 Å². The molecule has 0 amide bonds. The Morgan fingerprint density at radius 2 is 1.69 bits per heavy atom. The highest BCUT2D eigenvalue weighted by Gasteiger charge is 2.18. The second kappa shape index (κ2) is 12.6. The standard InChI is InChI=1S/C33H34FN9O2/c1-42(2)7-9-44-24-12-21(11-23(34)14-24)27-18-36-19-30-31(27)39-33(38-30)32-26-15-28(37-20-29(26)40-41-32)22-13-25(17-35-16-22)45-10-8-43-5-3-4-6-43/h11-20H,3-10H2,1-2H3,(H,38,39)(H,40,41). The largest absolute Gasteiger partial charge is 0.492 e. The lowest BCUT2D eigenvalue weighted by atomic mass is 10.1. The van der Waals surface area contributed by atoms with Crippen LogP contribution in [-0.4, -0.2) is 98.4 Å². The van der Waals surface area contributed by atoms with E-state index in [4.69, 9.17) is 14.5 Å². The Hall–Kier alpha value is -4.94. The van der Waals surface area contributed by atoms with Crippen molar-refractivity contribution in [2.75, 3.05) is 53.5 Å². The Kier molecular flexibility index (Phi) is 8.05. The van der Waals surface area contributed by atoms with Gasteiger partial charge in [-0.25, -0.2) is 9.37 Å². The molecule has 5 aromatic heterocycles. The topological polar surface area (TPSA) is 121 Å². The van der Waals surface area contributed by atoms with Gasteiger partial charge >= 0.3 is 0 Å². The number of aromatic amines is 2. The van der Waals surface area contributed by atoms with Gasteiger partial charge in [0.05, 0.1) is 40.8 Å². The molecule has 0 aliphatic carbocycles. The van der Waals surface area contributed by atoms with Crippen molar-refractivity contribution < 1.29 is 13.9 Å². The van der Waals surface area contributed by atoms with Crippen molar-refractivity contribution in [1.82, 2.24) is 44.9 Å². The van der Waals surface area contributed by atoms with Gasteiger partial charge in [-0.3, -0.25) is 25.0 Å². The molecule has 0 bridgehead atoms. The fourth-order valence-electron chi connectivity index (χ4n) is 5.60. The number of likely N-dealkylation sites (N-methyl/N-ethyl adjacent to an activating group) is 1. The van der Waals surface area contributed by atoms with Gasteiger partial charge in [0.25, 0.3) is 0 Å². The van der Waals surface area contributed by atoms with Crippen LogP contribution in [0.15, 0.2) is 61.3 Å².